The van der Waals surface area contributed by atoms with Crippen LogP contribution in [0.5, 0.6) is 5.88 Å². The molecule has 1 aromatic heterocycles. The fourth-order valence-electron chi connectivity index (χ4n) is 2.20. The van der Waals surface area contributed by atoms with Crippen LogP contribution in [0.4, 0.5) is 4.79 Å². The molecule has 0 radical (unpaired) electrons. The second kappa shape index (κ2) is 7.66. The Balaban J connectivity index is 2.36. The van der Waals surface area contributed by atoms with E-state index >= 15 is 0 Å². The minimum absolute atomic E-state index is 0.125. The summed E-state index contributed by atoms with van der Waals surface area (Å²) in [5.41, 5.74) is 1.87. The maximum atomic E-state index is 11.4. The summed E-state index contributed by atoms with van der Waals surface area (Å²) in [7, 11) is 2.90. The van der Waals surface area contributed by atoms with Crippen molar-refractivity contribution in [3.8, 4) is 5.88 Å². The van der Waals surface area contributed by atoms with E-state index in [-0.39, 0.29) is 5.92 Å². The number of benzene rings is 1. The summed E-state index contributed by atoms with van der Waals surface area (Å²) in [6, 6.07) is 11.2. The van der Waals surface area contributed by atoms with E-state index in [0.29, 0.717) is 17.4 Å². The van der Waals surface area contributed by atoms with Gasteiger partial charge in [0.05, 0.1) is 14.2 Å². The Morgan fingerprint density at radius 2 is 2.00 bits per heavy atom. The molecule has 0 aliphatic carbocycles. The lowest BCUT2D eigenvalue weighted by Gasteiger charge is -2.20. The van der Waals surface area contributed by atoms with E-state index in [0.717, 1.165) is 11.1 Å². The van der Waals surface area contributed by atoms with Gasteiger partial charge in [-0.25, -0.2) is 9.78 Å². The molecule has 0 saturated carbocycles. The van der Waals surface area contributed by atoms with Crippen LogP contribution < -0.4 is 10.1 Å². The number of amides is 1. The average molecular weight is 321 g/mol. The molecule has 1 amide bonds. The first-order valence-electron chi connectivity index (χ1n) is 6.72. The number of pyridine rings is 1. The van der Waals surface area contributed by atoms with Crippen LogP contribution in [-0.4, -0.2) is 31.8 Å². The monoisotopic (exact) mass is 320 g/mol. The quantitative estimate of drug-likeness (QED) is 0.918. The van der Waals surface area contributed by atoms with Crippen molar-refractivity contribution in [1.29, 1.82) is 0 Å². The van der Waals surface area contributed by atoms with Crippen molar-refractivity contribution in [3.63, 3.8) is 0 Å². The summed E-state index contributed by atoms with van der Waals surface area (Å²) >= 11 is 5.94. The molecule has 0 bridgehead atoms. The summed E-state index contributed by atoms with van der Waals surface area (Å²) in [5, 5.41) is 3.37. The fourth-order valence-corrected chi connectivity index (χ4v) is 2.33. The zero-order valence-corrected chi connectivity index (χ0v) is 13.1. The van der Waals surface area contributed by atoms with Gasteiger partial charge >= 0.3 is 6.09 Å². The summed E-state index contributed by atoms with van der Waals surface area (Å²) in [6.07, 6.45) is 1.18. The molecule has 0 fully saturated rings. The van der Waals surface area contributed by atoms with Gasteiger partial charge in [0.2, 0.25) is 5.88 Å². The van der Waals surface area contributed by atoms with Gasteiger partial charge in [0, 0.05) is 29.2 Å². The number of nitrogens with one attached hydrogen (secondary N) is 1. The number of methoxy groups -OCH3 is 2. The number of hydrogen-bond donors (Lipinski definition) is 1. The predicted octanol–water partition coefficient (Wildman–Crippen LogP) is 3.23. The van der Waals surface area contributed by atoms with Gasteiger partial charge in [0.15, 0.2) is 0 Å². The minimum atomic E-state index is -0.484. The number of rotatable bonds is 5. The molecule has 116 valence electrons. The molecule has 1 heterocycles. The lowest BCUT2D eigenvalue weighted by molar-refractivity contribution is 0.170. The number of halogens is 1. The highest BCUT2D eigenvalue weighted by atomic mass is 35.5. The van der Waals surface area contributed by atoms with Crippen LogP contribution in [-0.2, 0) is 4.74 Å². The third-order valence-electron chi connectivity index (χ3n) is 3.28. The molecule has 1 N–H and O–H groups in total. The Bertz CT molecular complexity index is 632. The molecule has 22 heavy (non-hydrogen) atoms. The van der Waals surface area contributed by atoms with Crippen LogP contribution in [0.2, 0.25) is 5.02 Å². The van der Waals surface area contributed by atoms with Crippen molar-refractivity contribution in [2.24, 2.45) is 0 Å². The largest absolute Gasteiger partial charge is 0.481 e. The van der Waals surface area contributed by atoms with E-state index < -0.39 is 6.09 Å². The van der Waals surface area contributed by atoms with Crippen molar-refractivity contribution in [1.82, 2.24) is 10.3 Å². The molecule has 1 atom stereocenters. The number of nitrogens with zero attached hydrogens (tertiary/aromatic N) is 1. The zero-order chi connectivity index (χ0) is 15.9. The Labute approximate surface area is 134 Å². The molecule has 2 aromatic rings. The van der Waals surface area contributed by atoms with E-state index in [1.165, 1.54) is 7.11 Å². The molecule has 1 aromatic carbocycles. The topological polar surface area (TPSA) is 60.5 Å². The highest BCUT2D eigenvalue weighted by Gasteiger charge is 2.20. The molecule has 0 saturated heterocycles. The molecule has 0 spiro atoms. The first-order valence-corrected chi connectivity index (χ1v) is 7.09. The van der Waals surface area contributed by atoms with Crippen molar-refractivity contribution >= 4 is 17.7 Å². The average Bonchev–Trinajstić information content (AvgIpc) is 2.56. The van der Waals surface area contributed by atoms with Gasteiger partial charge in [-0.15, -0.1) is 0 Å². The van der Waals surface area contributed by atoms with Crippen molar-refractivity contribution < 1.29 is 14.3 Å². The SMILES string of the molecule is COC(=O)NCC(c1ccc(Cl)cc1)c1cccnc1OC. The number of aromatic nitrogens is 1. The van der Waals surface area contributed by atoms with Gasteiger partial charge in [-0.1, -0.05) is 29.8 Å². The normalized spacial score (nSPS) is 11.6. The third-order valence-corrected chi connectivity index (χ3v) is 3.53. The molecule has 0 aliphatic rings. The van der Waals surface area contributed by atoms with Crippen LogP contribution in [0.15, 0.2) is 42.6 Å². The highest BCUT2D eigenvalue weighted by molar-refractivity contribution is 6.30. The number of carbonyl (C=O) groups excluding carboxylic acids is 1. The molecule has 1 unspecified atom stereocenters. The maximum absolute atomic E-state index is 11.4. The molecule has 0 aliphatic heterocycles. The standard InChI is InChI=1S/C16H17ClN2O3/c1-21-15-13(4-3-9-18-15)14(10-19-16(20)22-2)11-5-7-12(17)8-6-11/h3-9,14H,10H2,1-2H3,(H,19,20). The Morgan fingerprint density at radius 1 is 1.27 bits per heavy atom. The highest BCUT2D eigenvalue weighted by Crippen LogP contribution is 2.30. The van der Waals surface area contributed by atoms with Crippen LogP contribution in [0.1, 0.15) is 17.0 Å². The lowest BCUT2D eigenvalue weighted by atomic mass is 9.92. The Hall–Kier alpha value is -2.27. The Kier molecular flexibility index (Phi) is 5.61. The molecular weight excluding hydrogens is 304 g/mol. The van der Waals surface area contributed by atoms with Gasteiger partial charge in [0.1, 0.15) is 0 Å². The van der Waals surface area contributed by atoms with Gasteiger partial charge in [-0.3, -0.25) is 0 Å². The van der Waals surface area contributed by atoms with Crippen LogP contribution in [0, 0.1) is 0 Å². The Morgan fingerprint density at radius 3 is 2.64 bits per heavy atom. The first kappa shape index (κ1) is 16.1. The van der Waals surface area contributed by atoms with Gasteiger partial charge in [0.25, 0.3) is 0 Å². The number of hydrogen-bond acceptors (Lipinski definition) is 4. The van der Waals surface area contributed by atoms with E-state index in [1.54, 1.807) is 13.3 Å². The van der Waals surface area contributed by atoms with Gasteiger partial charge in [-0.2, -0.15) is 0 Å². The van der Waals surface area contributed by atoms with Crippen molar-refractivity contribution in [2.45, 2.75) is 5.92 Å². The fraction of sp³-hybridized carbons (Fsp3) is 0.250. The molecule has 2 rings (SSSR count). The first-order chi connectivity index (χ1) is 10.7. The number of ether oxygens (including phenoxy) is 2. The lowest BCUT2D eigenvalue weighted by Crippen LogP contribution is -2.28. The van der Waals surface area contributed by atoms with E-state index in [9.17, 15) is 4.79 Å². The van der Waals surface area contributed by atoms with Crippen molar-refractivity contribution in [3.05, 3.63) is 58.7 Å². The third kappa shape index (κ3) is 3.89. The predicted molar refractivity (Wildman–Crippen MR) is 84.5 cm³/mol. The number of carbonyl (C=O) groups is 1. The van der Waals surface area contributed by atoms with E-state index in [4.69, 9.17) is 16.3 Å². The van der Waals surface area contributed by atoms with E-state index in [2.05, 4.69) is 15.0 Å². The van der Waals surface area contributed by atoms with Crippen LogP contribution >= 0.6 is 11.6 Å². The van der Waals surface area contributed by atoms with Gasteiger partial charge in [-0.05, 0) is 23.8 Å². The van der Waals surface area contributed by atoms with Crippen LogP contribution in [0.3, 0.4) is 0 Å². The summed E-state index contributed by atoms with van der Waals surface area (Å²) in [5.74, 6) is 0.397. The molecule has 5 nitrogen and oxygen atoms in total. The molecular formula is C16H17ClN2O3. The van der Waals surface area contributed by atoms with E-state index in [1.807, 2.05) is 36.4 Å². The number of alkyl carbamates (subject to hydrolysis) is 1. The molecule has 6 heteroatoms. The second-order valence-corrected chi connectivity index (χ2v) is 5.01. The second-order valence-electron chi connectivity index (χ2n) is 4.58. The minimum Gasteiger partial charge on any atom is -0.481 e. The summed E-state index contributed by atoms with van der Waals surface area (Å²) < 4.78 is 9.95. The maximum Gasteiger partial charge on any atom is 0.406 e. The summed E-state index contributed by atoms with van der Waals surface area (Å²) in [6.45, 7) is 0.357. The van der Waals surface area contributed by atoms with Crippen molar-refractivity contribution in [2.75, 3.05) is 20.8 Å². The summed E-state index contributed by atoms with van der Waals surface area (Å²) in [4.78, 5) is 15.6. The van der Waals surface area contributed by atoms with Crippen LogP contribution in [0.25, 0.3) is 0 Å². The van der Waals surface area contributed by atoms with Gasteiger partial charge < -0.3 is 14.8 Å². The smallest absolute Gasteiger partial charge is 0.406 e. The zero-order valence-electron chi connectivity index (χ0n) is 12.4.